The van der Waals surface area contributed by atoms with Gasteiger partial charge in [-0.2, -0.15) is 10.2 Å². The Labute approximate surface area is 188 Å². The van der Waals surface area contributed by atoms with Gasteiger partial charge in [-0.15, -0.1) is 0 Å². The molecule has 0 aliphatic carbocycles. The van der Waals surface area contributed by atoms with Gasteiger partial charge >= 0.3 is 0 Å². The zero-order valence-electron chi connectivity index (χ0n) is 17.6. The number of pyridine rings is 1. The van der Waals surface area contributed by atoms with Crippen molar-refractivity contribution in [3.8, 4) is 28.2 Å². The second-order valence-corrected chi connectivity index (χ2v) is 7.51. The largest absolute Gasteiger partial charge is 0.288 e. The fourth-order valence-corrected chi connectivity index (χ4v) is 3.45. The van der Waals surface area contributed by atoms with Gasteiger partial charge in [0, 0.05) is 61.0 Å². The Morgan fingerprint density at radius 3 is 2.55 bits per heavy atom. The molecule has 4 heterocycles. The van der Waals surface area contributed by atoms with Crippen molar-refractivity contribution >= 4 is 0 Å². The molecule has 9 heteroatoms. The van der Waals surface area contributed by atoms with E-state index in [0.29, 0.717) is 29.1 Å². The zero-order chi connectivity index (χ0) is 22.8. The Kier molecular flexibility index (Phi) is 5.27. The van der Waals surface area contributed by atoms with Crippen LogP contribution in [0.5, 0.6) is 0 Å². The molecule has 0 saturated heterocycles. The molecule has 4 aromatic heterocycles. The van der Waals surface area contributed by atoms with Gasteiger partial charge in [0.1, 0.15) is 17.2 Å². The average Bonchev–Trinajstić information content (AvgIpc) is 3.27. The molecule has 0 unspecified atom stereocenters. The standard InChI is InChI=1S/C24H18FN7O/c1-31-15-21(14-29-31)32-6-5-23(33)22(30-32)8-16-3-2-4-17(7-16)24-27-11-19(12-28-24)18-9-20(25)13-26-10-18/h2-7,9-15H,8H2,1H3. The van der Waals surface area contributed by atoms with E-state index in [-0.39, 0.29) is 5.43 Å². The molecule has 0 atom stereocenters. The van der Waals surface area contributed by atoms with Gasteiger partial charge in [0.15, 0.2) is 5.82 Å². The summed E-state index contributed by atoms with van der Waals surface area (Å²) in [6.07, 6.45) is 11.5. The molecule has 162 valence electrons. The molecule has 0 aliphatic rings. The molecular weight excluding hydrogens is 421 g/mol. The van der Waals surface area contributed by atoms with Gasteiger partial charge in [0.2, 0.25) is 5.43 Å². The summed E-state index contributed by atoms with van der Waals surface area (Å²) in [5.74, 6) is 0.111. The Morgan fingerprint density at radius 2 is 1.79 bits per heavy atom. The summed E-state index contributed by atoms with van der Waals surface area (Å²) < 4.78 is 16.7. The lowest BCUT2D eigenvalue weighted by Crippen LogP contribution is -2.16. The van der Waals surface area contributed by atoms with Crippen LogP contribution in [-0.4, -0.2) is 34.5 Å². The number of halogens is 1. The molecule has 0 N–H and O–H groups in total. The summed E-state index contributed by atoms with van der Waals surface area (Å²) in [6, 6.07) is 10.5. The summed E-state index contributed by atoms with van der Waals surface area (Å²) in [5, 5.41) is 8.63. The van der Waals surface area contributed by atoms with Crippen LogP contribution in [0.2, 0.25) is 0 Å². The third-order valence-electron chi connectivity index (χ3n) is 5.08. The first-order valence-electron chi connectivity index (χ1n) is 10.2. The summed E-state index contributed by atoms with van der Waals surface area (Å²) in [6.45, 7) is 0. The maximum atomic E-state index is 13.4. The highest BCUT2D eigenvalue weighted by molar-refractivity contribution is 5.63. The molecule has 0 radical (unpaired) electrons. The first-order valence-corrected chi connectivity index (χ1v) is 10.2. The number of hydrogen-bond acceptors (Lipinski definition) is 6. The molecule has 0 amide bonds. The van der Waals surface area contributed by atoms with Gasteiger partial charge in [0.05, 0.1) is 18.6 Å². The van der Waals surface area contributed by atoms with Crippen molar-refractivity contribution < 1.29 is 4.39 Å². The van der Waals surface area contributed by atoms with Crippen LogP contribution in [-0.2, 0) is 13.5 Å². The number of nitrogens with zero attached hydrogens (tertiary/aromatic N) is 7. The van der Waals surface area contributed by atoms with Gasteiger partial charge in [-0.25, -0.2) is 19.0 Å². The maximum Gasteiger partial charge on any atom is 0.203 e. The van der Waals surface area contributed by atoms with Crippen LogP contribution in [0.1, 0.15) is 11.3 Å². The zero-order valence-corrected chi connectivity index (χ0v) is 17.6. The van der Waals surface area contributed by atoms with Gasteiger partial charge < -0.3 is 0 Å². The minimum absolute atomic E-state index is 0.134. The molecular formula is C24H18FN7O. The minimum atomic E-state index is -0.415. The summed E-state index contributed by atoms with van der Waals surface area (Å²) in [5.41, 5.74) is 4.05. The molecule has 0 spiro atoms. The third kappa shape index (κ3) is 4.42. The van der Waals surface area contributed by atoms with E-state index in [4.69, 9.17) is 0 Å². The fourth-order valence-electron chi connectivity index (χ4n) is 3.45. The monoisotopic (exact) mass is 439 g/mol. The lowest BCUT2D eigenvalue weighted by molar-refractivity contribution is 0.622. The van der Waals surface area contributed by atoms with Gasteiger partial charge in [-0.3, -0.25) is 14.5 Å². The highest BCUT2D eigenvalue weighted by Crippen LogP contribution is 2.21. The van der Waals surface area contributed by atoms with E-state index in [1.54, 1.807) is 40.3 Å². The number of benzene rings is 1. The first-order chi connectivity index (χ1) is 16.0. The van der Waals surface area contributed by atoms with Crippen LogP contribution >= 0.6 is 0 Å². The van der Waals surface area contributed by atoms with Gasteiger partial charge in [-0.1, -0.05) is 18.2 Å². The van der Waals surface area contributed by atoms with Gasteiger partial charge in [-0.05, 0) is 17.7 Å². The van der Waals surface area contributed by atoms with E-state index in [0.717, 1.165) is 23.0 Å². The Balaban J connectivity index is 1.40. The van der Waals surface area contributed by atoms with Crippen LogP contribution < -0.4 is 5.43 Å². The molecule has 5 aromatic rings. The van der Waals surface area contributed by atoms with E-state index in [1.807, 2.05) is 37.5 Å². The Bertz CT molecular complexity index is 1490. The molecule has 5 rings (SSSR count). The molecule has 1 aromatic carbocycles. The smallest absolute Gasteiger partial charge is 0.203 e. The van der Waals surface area contributed by atoms with Crippen LogP contribution in [0.25, 0.3) is 28.2 Å². The lowest BCUT2D eigenvalue weighted by atomic mass is 10.1. The molecule has 0 aliphatic heterocycles. The van der Waals surface area contributed by atoms with Crippen LogP contribution in [0.3, 0.4) is 0 Å². The quantitative estimate of drug-likeness (QED) is 0.418. The van der Waals surface area contributed by atoms with Gasteiger partial charge in [0.25, 0.3) is 0 Å². The Morgan fingerprint density at radius 1 is 0.939 bits per heavy atom. The predicted octanol–water partition coefficient (Wildman–Crippen LogP) is 3.21. The topological polar surface area (TPSA) is 91.4 Å². The normalized spacial score (nSPS) is 11.0. The summed E-state index contributed by atoms with van der Waals surface area (Å²) in [7, 11) is 1.82. The summed E-state index contributed by atoms with van der Waals surface area (Å²) >= 11 is 0. The van der Waals surface area contributed by atoms with Crippen molar-refractivity contribution in [2.75, 3.05) is 0 Å². The van der Waals surface area contributed by atoms with E-state index < -0.39 is 5.82 Å². The second-order valence-electron chi connectivity index (χ2n) is 7.51. The SMILES string of the molecule is Cn1cc(-n2ccc(=O)c(Cc3cccc(-c4ncc(-c5cncc(F)c5)cn4)c3)n2)cn1. The first kappa shape index (κ1) is 20.4. The number of aryl methyl sites for hydroxylation is 1. The van der Waals surface area contributed by atoms with Crippen molar-refractivity contribution in [2.45, 2.75) is 6.42 Å². The second kappa shape index (κ2) is 8.54. The highest BCUT2D eigenvalue weighted by atomic mass is 19.1. The number of rotatable bonds is 5. The van der Waals surface area contributed by atoms with Crippen molar-refractivity contribution in [3.05, 3.63) is 107 Å². The predicted molar refractivity (Wildman–Crippen MR) is 120 cm³/mol. The molecule has 0 saturated carbocycles. The van der Waals surface area contributed by atoms with Crippen LogP contribution in [0, 0.1) is 5.82 Å². The minimum Gasteiger partial charge on any atom is -0.288 e. The van der Waals surface area contributed by atoms with E-state index in [9.17, 15) is 9.18 Å². The van der Waals surface area contributed by atoms with E-state index >= 15 is 0 Å². The van der Waals surface area contributed by atoms with Crippen molar-refractivity contribution in [2.24, 2.45) is 7.05 Å². The average molecular weight is 439 g/mol. The lowest BCUT2D eigenvalue weighted by Gasteiger charge is -2.07. The van der Waals surface area contributed by atoms with Crippen molar-refractivity contribution in [1.29, 1.82) is 0 Å². The Hall–Kier alpha value is -4.53. The van der Waals surface area contributed by atoms with E-state index in [2.05, 4.69) is 25.1 Å². The molecule has 33 heavy (non-hydrogen) atoms. The number of aromatic nitrogens is 7. The molecule has 8 nitrogen and oxygen atoms in total. The van der Waals surface area contributed by atoms with E-state index in [1.165, 1.54) is 12.1 Å². The van der Waals surface area contributed by atoms with Crippen LogP contribution in [0.4, 0.5) is 4.39 Å². The van der Waals surface area contributed by atoms with Crippen molar-refractivity contribution in [1.82, 2.24) is 34.5 Å². The molecule has 0 fully saturated rings. The van der Waals surface area contributed by atoms with Crippen molar-refractivity contribution in [3.63, 3.8) is 0 Å². The summed E-state index contributed by atoms with van der Waals surface area (Å²) in [4.78, 5) is 25.1. The number of hydrogen-bond donors (Lipinski definition) is 0. The maximum absolute atomic E-state index is 13.4. The molecule has 0 bridgehead atoms. The highest BCUT2D eigenvalue weighted by Gasteiger charge is 2.09. The third-order valence-corrected chi connectivity index (χ3v) is 5.08. The fraction of sp³-hybridized carbons (Fsp3) is 0.0833. The van der Waals surface area contributed by atoms with Crippen LogP contribution in [0.15, 0.2) is 84.6 Å².